The molecule has 37 heavy (non-hydrogen) atoms. The molecule has 0 radical (unpaired) electrons. The molecular weight excluding hydrogens is 495 g/mol. The molecule has 0 aliphatic carbocycles. The second kappa shape index (κ2) is 10.1. The highest BCUT2D eigenvalue weighted by atomic mass is 32.2. The van der Waals surface area contributed by atoms with Gasteiger partial charge in [-0.3, -0.25) is 0 Å². The lowest BCUT2D eigenvalue weighted by Crippen LogP contribution is -2.47. The largest absolute Gasteiger partial charge is 0.444 e. The lowest BCUT2D eigenvalue weighted by Gasteiger charge is -2.45. The highest BCUT2D eigenvalue weighted by molar-refractivity contribution is 7.90. The molecule has 200 valence electrons. The van der Waals surface area contributed by atoms with Crippen molar-refractivity contribution in [2.75, 3.05) is 13.1 Å². The Morgan fingerprint density at radius 3 is 2.35 bits per heavy atom. The molecule has 0 spiro atoms. The molecule has 1 unspecified atom stereocenters. The van der Waals surface area contributed by atoms with Crippen molar-refractivity contribution in [1.29, 1.82) is 0 Å². The van der Waals surface area contributed by atoms with E-state index in [1.807, 2.05) is 27.7 Å². The van der Waals surface area contributed by atoms with E-state index in [4.69, 9.17) is 4.74 Å². The van der Waals surface area contributed by atoms with Gasteiger partial charge in [0.1, 0.15) is 17.5 Å². The van der Waals surface area contributed by atoms with Crippen molar-refractivity contribution in [3.8, 4) is 0 Å². The molecule has 1 fully saturated rings. The standard InChI is InChI=1S/C28H35FN2O5S/c1-5-13-28(14-16-30(17-15-28)26(33)36-27(2,3)4)25(32)24-19-20-18-21(29)11-12-23(20)31(24)37(34,35)22-9-7-6-8-10-22/h6-12,18-19,25,32H,5,13-17H2,1-4H3. The number of hydrogen-bond acceptors (Lipinski definition) is 5. The lowest BCUT2D eigenvalue weighted by molar-refractivity contribution is -0.0420. The van der Waals surface area contributed by atoms with Gasteiger partial charge in [-0.15, -0.1) is 0 Å². The average Bonchev–Trinajstić information content (AvgIpc) is 3.23. The van der Waals surface area contributed by atoms with E-state index in [9.17, 15) is 22.7 Å². The normalized spacial score (nSPS) is 17.1. The van der Waals surface area contributed by atoms with Crippen LogP contribution in [0.15, 0.2) is 59.5 Å². The van der Waals surface area contributed by atoms with E-state index in [1.165, 1.54) is 30.3 Å². The summed E-state index contributed by atoms with van der Waals surface area (Å²) < 4.78 is 48.4. The molecule has 4 rings (SSSR count). The van der Waals surface area contributed by atoms with Gasteiger partial charge in [0, 0.05) is 23.9 Å². The van der Waals surface area contributed by atoms with Gasteiger partial charge in [-0.25, -0.2) is 21.6 Å². The van der Waals surface area contributed by atoms with Gasteiger partial charge in [0.25, 0.3) is 10.0 Å². The minimum absolute atomic E-state index is 0.0783. The molecule has 0 bridgehead atoms. The molecule has 1 atom stereocenters. The topological polar surface area (TPSA) is 88.8 Å². The van der Waals surface area contributed by atoms with Crippen LogP contribution < -0.4 is 0 Å². The van der Waals surface area contributed by atoms with E-state index in [1.54, 1.807) is 29.2 Å². The van der Waals surface area contributed by atoms with Gasteiger partial charge in [-0.05, 0) is 76.4 Å². The van der Waals surface area contributed by atoms with Crippen molar-refractivity contribution in [3.63, 3.8) is 0 Å². The van der Waals surface area contributed by atoms with Crippen molar-refractivity contribution in [3.05, 3.63) is 66.1 Å². The van der Waals surface area contributed by atoms with E-state index in [0.717, 1.165) is 10.4 Å². The molecule has 1 saturated heterocycles. The zero-order chi connectivity index (χ0) is 27.0. The van der Waals surface area contributed by atoms with Crippen LogP contribution in [0.5, 0.6) is 0 Å². The minimum Gasteiger partial charge on any atom is -0.444 e. The average molecular weight is 531 g/mol. The van der Waals surface area contributed by atoms with Gasteiger partial charge >= 0.3 is 6.09 Å². The summed E-state index contributed by atoms with van der Waals surface area (Å²) in [4.78, 5) is 14.4. The summed E-state index contributed by atoms with van der Waals surface area (Å²) in [6, 6.07) is 13.5. The molecule has 9 heteroatoms. The monoisotopic (exact) mass is 530 g/mol. The Balaban J connectivity index is 1.76. The first-order valence-electron chi connectivity index (χ1n) is 12.7. The van der Waals surface area contributed by atoms with Crippen LogP contribution in [-0.2, 0) is 14.8 Å². The highest BCUT2D eigenvalue weighted by Crippen LogP contribution is 2.48. The number of aliphatic hydroxyl groups excluding tert-OH is 1. The Morgan fingerprint density at radius 1 is 1.11 bits per heavy atom. The summed E-state index contributed by atoms with van der Waals surface area (Å²) in [6.07, 6.45) is 0.803. The molecule has 1 N–H and O–H groups in total. The smallest absolute Gasteiger partial charge is 0.410 e. The third-order valence-corrected chi connectivity index (χ3v) is 8.80. The van der Waals surface area contributed by atoms with E-state index >= 15 is 0 Å². The van der Waals surface area contributed by atoms with E-state index in [-0.39, 0.29) is 10.6 Å². The Bertz CT molecular complexity index is 1370. The maximum atomic E-state index is 14.1. The highest BCUT2D eigenvalue weighted by Gasteiger charge is 2.44. The van der Waals surface area contributed by atoms with Crippen LogP contribution in [0.25, 0.3) is 10.9 Å². The summed E-state index contributed by atoms with van der Waals surface area (Å²) in [5, 5.41) is 12.3. The summed E-state index contributed by atoms with van der Waals surface area (Å²) in [5.74, 6) is -0.489. The fourth-order valence-corrected chi connectivity index (χ4v) is 6.84. The van der Waals surface area contributed by atoms with E-state index in [0.29, 0.717) is 43.3 Å². The number of hydrogen-bond donors (Lipinski definition) is 1. The number of halogens is 1. The lowest BCUT2D eigenvalue weighted by atomic mass is 9.70. The number of fused-ring (bicyclic) bond motifs is 1. The Morgan fingerprint density at radius 2 is 1.76 bits per heavy atom. The number of piperidine rings is 1. The number of likely N-dealkylation sites (tertiary alicyclic amines) is 1. The first-order chi connectivity index (χ1) is 17.4. The van der Waals surface area contributed by atoms with Crippen LogP contribution in [0.1, 0.15) is 65.2 Å². The van der Waals surface area contributed by atoms with Crippen LogP contribution in [0.2, 0.25) is 0 Å². The molecular formula is C28H35FN2O5S. The predicted octanol–water partition coefficient (Wildman–Crippen LogP) is 5.87. The zero-order valence-electron chi connectivity index (χ0n) is 21.8. The van der Waals surface area contributed by atoms with Crippen LogP contribution in [0, 0.1) is 11.2 Å². The molecule has 3 aromatic rings. The SMILES string of the molecule is CCCC1(C(O)c2cc3cc(F)ccc3n2S(=O)(=O)c2ccccc2)CCN(C(=O)OC(C)(C)C)CC1. The van der Waals surface area contributed by atoms with E-state index in [2.05, 4.69) is 0 Å². The maximum absolute atomic E-state index is 14.1. The van der Waals surface area contributed by atoms with Crippen LogP contribution >= 0.6 is 0 Å². The van der Waals surface area contributed by atoms with Gasteiger partial charge in [0.05, 0.1) is 16.1 Å². The number of carbonyl (C=O) groups is 1. The second-order valence-corrected chi connectivity index (χ2v) is 12.6. The third-order valence-electron chi connectivity index (χ3n) is 7.05. The Labute approximate surface area is 217 Å². The number of ether oxygens (including phenoxy) is 1. The number of benzene rings is 2. The zero-order valence-corrected chi connectivity index (χ0v) is 22.6. The van der Waals surface area contributed by atoms with Crippen molar-refractivity contribution >= 4 is 27.0 Å². The number of aromatic nitrogens is 1. The fraction of sp³-hybridized carbons (Fsp3) is 0.464. The van der Waals surface area contributed by atoms with Gasteiger partial charge in [-0.2, -0.15) is 0 Å². The fourth-order valence-electron chi connectivity index (χ4n) is 5.27. The van der Waals surface area contributed by atoms with Crippen molar-refractivity contribution in [2.45, 2.75) is 70.0 Å². The summed E-state index contributed by atoms with van der Waals surface area (Å²) >= 11 is 0. The minimum atomic E-state index is -4.09. The van der Waals surface area contributed by atoms with Gasteiger partial charge < -0.3 is 14.7 Å². The molecule has 1 aromatic heterocycles. The molecule has 1 amide bonds. The first-order valence-corrected chi connectivity index (χ1v) is 14.1. The maximum Gasteiger partial charge on any atom is 0.410 e. The number of aliphatic hydroxyl groups is 1. The number of rotatable bonds is 6. The summed E-state index contributed by atoms with van der Waals surface area (Å²) in [7, 11) is -4.09. The molecule has 2 heterocycles. The number of nitrogens with zero attached hydrogens (tertiary/aromatic N) is 2. The third kappa shape index (κ3) is 5.38. The van der Waals surface area contributed by atoms with Gasteiger partial charge in [0.15, 0.2) is 0 Å². The number of carbonyl (C=O) groups excluding carboxylic acids is 1. The van der Waals surface area contributed by atoms with Crippen LogP contribution in [-0.4, -0.2) is 47.2 Å². The van der Waals surface area contributed by atoms with Crippen molar-refractivity contribution in [2.24, 2.45) is 5.41 Å². The quantitative estimate of drug-likeness (QED) is 0.431. The summed E-state index contributed by atoms with van der Waals surface area (Å²) in [6.45, 7) is 8.22. The predicted molar refractivity (Wildman–Crippen MR) is 140 cm³/mol. The first kappa shape index (κ1) is 27.1. The molecule has 0 saturated carbocycles. The van der Waals surface area contributed by atoms with Crippen molar-refractivity contribution < 1.29 is 27.4 Å². The molecule has 1 aliphatic heterocycles. The summed E-state index contributed by atoms with van der Waals surface area (Å²) in [5.41, 5.74) is -0.776. The van der Waals surface area contributed by atoms with Gasteiger partial charge in [0.2, 0.25) is 0 Å². The van der Waals surface area contributed by atoms with Crippen LogP contribution in [0.3, 0.4) is 0 Å². The Hall–Kier alpha value is -2.91. The molecule has 7 nitrogen and oxygen atoms in total. The van der Waals surface area contributed by atoms with Crippen LogP contribution in [0.4, 0.5) is 9.18 Å². The second-order valence-electron chi connectivity index (χ2n) is 10.8. The van der Waals surface area contributed by atoms with E-state index < -0.39 is 39.1 Å². The molecule has 2 aromatic carbocycles. The number of amides is 1. The van der Waals surface area contributed by atoms with Crippen molar-refractivity contribution in [1.82, 2.24) is 8.87 Å². The Kier molecular flexibility index (Phi) is 7.41. The van der Waals surface area contributed by atoms with Gasteiger partial charge in [-0.1, -0.05) is 31.5 Å². The molecule has 1 aliphatic rings.